The summed E-state index contributed by atoms with van der Waals surface area (Å²) in [5.41, 5.74) is 10.8. The Balaban J connectivity index is 1.66. The van der Waals surface area contributed by atoms with Gasteiger partial charge in [-0.2, -0.15) is 0 Å². The average Bonchev–Trinajstić information content (AvgIpc) is 3.49. The number of hydrogen-bond donors (Lipinski definition) is 0. The lowest BCUT2D eigenvalue weighted by Gasteiger charge is -2.10. The zero-order chi connectivity index (χ0) is 20.2. The molecule has 0 radical (unpaired) electrons. The van der Waals surface area contributed by atoms with Gasteiger partial charge in [0.15, 0.2) is 0 Å². The van der Waals surface area contributed by atoms with Crippen LogP contribution in [0.3, 0.4) is 0 Å². The van der Waals surface area contributed by atoms with Gasteiger partial charge < -0.3 is 4.57 Å². The van der Waals surface area contributed by atoms with Crippen molar-refractivity contribution in [2.45, 2.75) is 12.8 Å². The van der Waals surface area contributed by atoms with Gasteiger partial charge in [-0.15, -0.1) is 0 Å². The molecule has 6 rings (SSSR count). The molecule has 2 heteroatoms. The number of fused-ring (bicyclic) bond motifs is 2. The highest BCUT2D eigenvalue weighted by Gasteiger charge is 2.37. The van der Waals surface area contributed by atoms with Crippen LogP contribution in [0.2, 0.25) is 5.02 Å². The fraction of sp³-hybridized carbons (Fsp3) is 0.143. The van der Waals surface area contributed by atoms with Gasteiger partial charge >= 0.3 is 0 Å². The summed E-state index contributed by atoms with van der Waals surface area (Å²) in [6.07, 6.45) is 7.21. The van der Waals surface area contributed by atoms with Crippen molar-refractivity contribution in [3.8, 4) is 0 Å². The second-order valence-corrected chi connectivity index (χ2v) is 8.83. The van der Waals surface area contributed by atoms with Gasteiger partial charge in [-0.1, -0.05) is 66.2 Å². The minimum atomic E-state index is 0.663. The van der Waals surface area contributed by atoms with Gasteiger partial charge in [-0.05, 0) is 76.4 Å². The average molecular weight is 408 g/mol. The maximum Gasteiger partial charge on any atom is 0.0484 e. The third-order valence-corrected chi connectivity index (χ3v) is 6.63. The molecule has 146 valence electrons. The topological polar surface area (TPSA) is 4.93 Å². The van der Waals surface area contributed by atoms with Crippen molar-refractivity contribution in [3.63, 3.8) is 0 Å². The largest absolute Gasteiger partial charge is 0.350 e. The SMILES string of the molecule is Cn1cc(C2=C(C3CC3)c3ccccc3/C2=C\c2ccc(Cl)cc2)c2ccccc21. The van der Waals surface area contributed by atoms with Crippen LogP contribution in [0.25, 0.3) is 33.7 Å². The first-order chi connectivity index (χ1) is 14.7. The minimum absolute atomic E-state index is 0.663. The van der Waals surface area contributed by atoms with Crippen molar-refractivity contribution in [1.29, 1.82) is 0 Å². The highest BCUT2D eigenvalue weighted by atomic mass is 35.5. The molecule has 1 fully saturated rings. The number of hydrogen-bond acceptors (Lipinski definition) is 0. The molecule has 0 spiro atoms. The second-order valence-electron chi connectivity index (χ2n) is 8.39. The third-order valence-electron chi connectivity index (χ3n) is 6.38. The van der Waals surface area contributed by atoms with E-state index < -0.39 is 0 Å². The van der Waals surface area contributed by atoms with Crippen LogP contribution in [-0.4, -0.2) is 4.57 Å². The molecule has 0 atom stereocenters. The van der Waals surface area contributed by atoms with E-state index in [1.165, 1.54) is 62.7 Å². The van der Waals surface area contributed by atoms with Crippen LogP contribution in [0.5, 0.6) is 0 Å². The molecular formula is C28H22ClN. The molecule has 0 saturated heterocycles. The number of para-hydroxylation sites is 1. The number of rotatable bonds is 3. The van der Waals surface area contributed by atoms with E-state index in [2.05, 4.69) is 84.6 Å². The molecular weight excluding hydrogens is 386 g/mol. The van der Waals surface area contributed by atoms with E-state index in [-0.39, 0.29) is 0 Å². The molecule has 0 unspecified atom stereocenters. The normalized spacial score (nSPS) is 17.2. The van der Waals surface area contributed by atoms with E-state index in [9.17, 15) is 0 Å². The Labute approximate surface area is 181 Å². The predicted octanol–water partition coefficient (Wildman–Crippen LogP) is 7.71. The maximum atomic E-state index is 6.14. The summed E-state index contributed by atoms with van der Waals surface area (Å²) in [6.45, 7) is 0. The lowest BCUT2D eigenvalue weighted by atomic mass is 9.93. The number of halogens is 1. The maximum absolute atomic E-state index is 6.14. The Morgan fingerprint density at radius 1 is 0.833 bits per heavy atom. The molecule has 1 nitrogen and oxygen atoms in total. The molecule has 2 aliphatic rings. The monoisotopic (exact) mass is 407 g/mol. The van der Waals surface area contributed by atoms with E-state index in [4.69, 9.17) is 11.6 Å². The Bertz CT molecular complexity index is 1350. The molecule has 0 amide bonds. The molecule has 0 bridgehead atoms. The van der Waals surface area contributed by atoms with Crippen molar-refractivity contribution in [2.24, 2.45) is 13.0 Å². The van der Waals surface area contributed by atoms with Crippen molar-refractivity contribution < 1.29 is 0 Å². The highest BCUT2D eigenvalue weighted by molar-refractivity contribution is 6.30. The van der Waals surface area contributed by atoms with E-state index in [0.717, 1.165) is 5.02 Å². The molecule has 1 heterocycles. The number of aromatic nitrogens is 1. The standard InChI is InChI=1S/C28H22ClN/c1-30-17-25(22-7-4-5-9-26(22)30)28-24(16-18-10-14-20(29)15-11-18)21-6-2-3-8-23(21)27(28)19-12-13-19/h2-11,14-17,19H,12-13H2,1H3/b24-16+. The summed E-state index contributed by atoms with van der Waals surface area (Å²) in [5.74, 6) is 0.663. The van der Waals surface area contributed by atoms with Crippen LogP contribution < -0.4 is 0 Å². The molecule has 0 N–H and O–H groups in total. The van der Waals surface area contributed by atoms with Crippen molar-refractivity contribution >= 4 is 45.3 Å². The van der Waals surface area contributed by atoms with E-state index in [1.807, 2.05) is 12.1 Å². The van der Waals surface area contributed by atoms with E-state index in [1.54, 1.807) is 0 Å². The molecule has 30 heavy (non-hydrogen) atoms. The van der Waals surface area contributed by atoms with E-state index in [0.29, 0.717) is 5.92 Å². The summed E-state index contributed by atoms with van der Waals surface area (Å²) in [7, 11) is 2.15. The first kappa shape index (κ1) is 17.8. The van der Waals surface area contributed by atoms with Crippen LogP contribution in [-0.2, 0) is 7.05 Å². The molecule has 2 aliphatic carbocycles. The smallest absolute Gasteiger partial charge is 0.0484 e. The molecule has 1 aromatic heterocycles. The Hall–Kier alpha value is -3.03. The summed E-state index contributed by atoms with van der Waals surface area (Å²) in [5, 5.41) is 2.09. The fourth-order valence-corrected chi connectivity index (χ4v) is 5.00. The van der Waals surface area contributed by atoms with Crippen LogP contribution in [0.1, 0.15) is 35.1 Å². The van der Waals surface area contributed by atoms with Crippen LogP contribution in [0.15, 0.2) is 79.0 Å². The molecule has 3 aromatic carbocycles. The summed E-state index contributed by atoms with van der Waals surface area (Å²) in [4.78, 5) is 0. The lowest BCUT2D eigenvalue weighted by molar-refractivity contribution is 0.967. The second kappa shape index (κ2) is 6.75. The van der Waals surface area contributed by atoms with Crippen molar-refractivity contribution in [1.82, 2.24) is 4.57 Å². The third kappa shape index (κ3) is 2.77. The zero-order valence-electron chi connectivity index (χ0n) is 16.9. The number of aryl methyl sites for hydroxylation is 1. The summed E-state index contributed by atoms with van der Waals surface area (Å²) >= 11 is 6.14. The summed E-state index contributed by atoms with van der Waals surface area (Å²) < 4.78 is 2.26. The first-order valence-electron chi connectivity index (χ1n) is 10.6. The van der Waals surface area contributed by atoms with Crippen molar-refractivity contribution in [2.75, 3.05) is 0 Å². The lowest BCUT2D eigenvalue weighted by Crippen LogP contribution is -1.88. The Morgan fingerprint density at radius 2 is 1.53 bits per heavy atom. The quantitative estimate of drug-likeness (QED) is 0.327. The van der Waals surface area contributed by atoms with Gasteiger partial charge in [-0.25, -0.2) is 0 Å². The summed E-state index contributed by atoms with van der Waals surface area (Å²) in [6, 6.07) is 25.8. The minimum Gasteiger partial charge on any atom is -0.350 e. The van der Waals surface area contributed by atoms with Gasteiger partial charge in [0.1, 0.15) is 0 Å². The van der Waals surface area contributed by atoms with Crippen LogP contribution in [0.4, 0.5) is 0 Å². The van der Waals surface area contributed by atoms with E-state index >= 15 is 0 Å². The van der Waals surface area contributed by atoms with Gasteiger partial charge in [0.2, 0.25) is 0 Å². The highest BCUT2D eigenvalue weighted by Crippen LogP contribution is 2.56. The molecule has 0 aliphatic heterocycles. The number of allylic oxidation sites excluding steroid dienone is 3. The molecule has 4 aromatic rings. The van der Waals surface area contributed by atoms with Gasteiger partial charge in [0.05, 0.1) is 0 Å². The van der Waals surface area contributed by atoms with Crippen LogP contribution in [0, 0.1) is 5.92 Å². The van der Waals surface area contributed by atoms with Gasteiger partial charge in [0, 0.05) is 34.7 Å². The zero-order valence-corrected chi connectivity index (χ0v) is 17.7. The van der Waals surface area contributed by atoms with Gasteiger partial charge in [0.25, 0.3) is 0 Å². The number of benzene rings is 3. The van der Waals surface area contributed by atoms with Crippen molar-refractivity contribution in [3.05, 3.63) is 106 Å². The number of nitrogens with zero attached hydrogens (tertiary/aromatic N) is 1. The van der Waals surface area contributed by atoms with Gasteiger partial charge in [-0.3, -0.25) is 0 Å². The van der Waals surface area contributed by atoms with Crippen LogP contribution >= 0.6 is 11.6 Å². The first-order valence-corrected chi connectivity index (χ1v) is 10.9. The Kier molecular flexibility index (Phi) is 4.01. The predicted molar refractivity (Wildman–Crippen MR) is 128 cm³/mol. The molecule has 1 saturated carbocycles. The Morgan fingerprint density at radius 3 is 2.30 bits per heavy atom. The fourth-order valence-electron chi connectivity index (χ4n) is 4.87.